The second-order valence-electron chi connectivity index (χ2n) is 4.26. The average molecular weight is 290 g/mol. The molecule has 2 aromatic rings. The Balaban J connectivity index is 2.19. The van der Waals surface area contributed by atoms with Gasteiger partial charge in [-0.15, -0.1) is 0 Å². The fraction of sp³-hybridized carbons (Fsp3) is 0.133. The zero-order valence-corrected chi connectivity index (χ0v) is 11.6. The van der Waals surface area contributed by atoms with Crippen molar-refractivity contribution in [1.29, 1.82) is 0 Å². The van der Waals surface area contributed by atoms with Crippen molar-refractivity contribution in [2.75, 3.05) is 25.3 Å². The van der Waals surface area contributed by atoms with Gasteiger partial charge < -0.3 is 20.5 Å². The number of ether oxygens (including phenoxy) is 2. The Bertz CT molecular complexity index is 674. The monoisotopic (exact) mass is 290 g/mol. The van der Waals surface area contributed by atoms with Gasteiger partial charge in [-0.1, -0.05) is 0 Å². The van der Waals surface area contributed by atoms with Crippen LogP contribution < -0.4 is 20.5 Å². The van der Waals surface area contributed by atoms with Gasteiger partial charge >= 0.3 is 0 Å². The van der Waals surface area contributed by atoms with Crippen LogP contribution in [-0.2, 0) is 0 Å². The molecule has 1 amide bonds. The highest BCUT2D eigenvalue weighted by molar-refractivity contribution is 6.05. The largest absolute Gasteiger partial charge is 0.495 e. The van der Waals surface area contributed by atoms with E-state index in [1.165, 1.54) is 38.5 Å². The summed E-state index contributed by atoms with van der Waals surface area (Å²) in [5, 5.41) is 2.64. The molecule has 0 saturated carbocycles. The highest BCUT2D eigenvalue weighted by atomic mass is 19.1. The number of hydrogen-bond acceptors (Lipinski definition) is 4. The molecule has 0 atom stereocenters. The van der Waals surface area contributed by atoms with Gasteiger partial charge in [0.1, 0.15) is 5.75 Å². The van der Waals surface area contributed by atoms with E-state index in [0.717, 1.165) is 0 Å². The number of benzene rings is 2. The summed E-state index contributed by atoms with van der Waals surface area (Å²) in [5.41, 5.74) is 6.91. The minimum absolute atomic E-state index is 0.0574. The molecule has 2 aromatic carbocycles. The molecule has 5 nitrogen and oxygen atoms in total. The van der Waals surface area contributed by atoms with Crippen LogP contribution in [0.3, 0.4) is 0 Å². The predicted molar refractivity (Wildman–Crippen MR) is 78.3 cm³/mol. The third-order valence-electron chi connectivity index (χ3n) is 2.90. The SMILES string of the molecule is COc1ccc(C(=O)Nc2ccc(F)c(OC)c2)cc1N. The summed E-state index contributed by atoms with van der Waals surface area (Å²) in [6.07, 6.45) is 0. The van der Waals surface area contributed by atoms with E-state index in [1.807, 2.05) is 0 Å². The number of rotatable bonds is 4. The molecular weight excluding hydrogens is 275 g/mol. The van der Waals surface area contributed by atoms with Gasteiger partial charge in [0.05, 0.1) is 19.9 Å². The van der Waals surface area contributed by atoms with E-state index in [0.29, 0.717) is 22.7 Å². The first-order chi connectivity index (χ1) is 10.0. The van der Waals surface area contributed by atoms with Crippen LogP contribution >= 0.6 is 0 Å². The van der Waals surface area contributed by atoms with Gasteiger partial charge in [0.15, 0.2) is 11.6 Å². The number of hydrogen-bond donors (Lipinski definition) is 2. The molecule has 0 saturated heterocycles. The predicted octanol–water partition coefficient (Wildman–Crippen LogP) is 2.68. The number of nitrogens with one attached hydrogen (secondary N) is 1. The molecule has 0 aromatic heterocycles. The molecule has 0 spiro atoms. The second kappa shape index (κ2) is 6.13. The van der Waals surface area contributed by atoms with Gasteiger partial charge in [0.2, 0.25) is 0 Å². The quantitative estimate of drug-likeness (QED) is 0.849. The molecule has 2 rings (SSSR count). The van der Waals surface area contributed by atoms with Gasteiger partial charge in [-0.2, -0.15) is 0 Å². The van der Waals surface area contributed by atoms with Crippen molar-refractivity contribution < 1.29 is 18.7 Å². The maximum Gasteiger partial charge on any atom is 0.255 e. The average Bonchev–Trinajstić information content (AvgIpc) is 2.49. The molecule has 0 heterocycles. The van der Waals surface area contributed by atoms with Crippen LogP contribution in [0.2, 0.25) is 0 Å². The Morgan fingerprint density at radius 3 is 2.43 bits per heavy atom. The summed E-state index contributed by atoms with van der Waals surface area (Å²) in [6, 6.07) is 8.77. The van der Waals surface area contributed by atoms with Gasteiger partial charge in [0.25, 0.3) is 5.91 Å². The fourth-order valence-corrected chi connectivity index (χ4v) is 1.82. The van der Waals surface area contributed by atoms with Crippen molar-refractivity contribution in [1.82, 2.24) is 0 Å². The van der Waals surface area contributed by atoms with Crippen LogP contribution in [0.4, 0.5) is 15.8 Å². The Labute approximate surface area is 121 Å². The van der Waals surface area contributed by atoms with E-state index in [1.54, 1.807) is 12.1 Å². The lowest BCUT2D eigenvalue weighted by Crippen LogP contribution is -2.12. The van der Waals surface area contributed by atoms with Crippen molar-refractivity contribution in [2.45, 2.75) is 0 Å². The number of nitrogen functional groups attached to an aromatic ring is 1. The molecule has 0 aliphatic carbocycles. The minimum atomic E-state index is -0.496. The van der Waals surface area contributed by atoms with Gasteiger partial charge in [-0.05, 0) is 30.3 Å². The van der Waals surface area contributed by atoms with Gasteiger partial charge in [0, 0.05) is 17.3 Å². The van der Waals surface area contributed by atoms with E-state index in [-0.39, 0.29) is 11.7 Å². The number of nitrogens with two attached hydrogens (primary N) is 1. The van der Waals surface area contributed by atoms with Gasteiger partial charge in [-0.3, -0.25) is 4.79 Å². The van der Waals surface area contributed by atoms with Gasteiger partial charge in [-0.25, -0.2) is 4.39 Å². The molecule has 0 unspecified atom stereocenters. The Hall–Kier alpha value is -2.76. The third-order valence-corrected chi connectivity index (χ3v) is 2.90. The zero-order chi connectivity index (χ0) is 15.4. The van der Waals surface area contributed by atoms with E-state index in [2.05, 4.69) is 5.32 Å². The van der Waals surface area contributed by atoms with E-state index < -0.39 is 5.82 Å². The molecule has 0 bridgehead atoms. The summed E-state index contributed by atoms with van der Waals surface area (Å²) < 4.78 is 23.2. The first-order valence-corrected chi connectivity index (χ1v) is 6.13. The number of carbonyl (C=O) groups excluding carboxylic acids is 1. The number of methoxy groups -OCH3 is 2. The zero-order valence-electron chi connectivity index (χ0n) is 11.6. The summed E-state index contributed by atoms with van der Waals surface area (Å²) in [6.45, 7) is 0. The fourth-order valence-electron chi connectivity index (χ4n) is 1.82. The molecule has 6 heteroatoms. The lowest BCUT2D eigenvalue weighted by molar-refractivity contribution is 0.102. The van der Waals surface area contributed by atoms with Crippen LogP contribution in [0, 0.1) is 5.82 Å². The number of carbonyl (C=O) groups is 1. The number of amides is 1. The van der Waals surface area contributed by atoms with E-state index in [4.69, 9.17) is 15.2 Å². The second-order valence-corrected chi connectivity index (χ2v) is 4.26. The van der Waals surface area contributed by atoms with E-state index >= 15 is 0 Å². The molecule has 0 aliphatic heterocycles. The highest BCUT2D eigenvalue weighted by Gasteiger charge is 2.10. The first kappa shape index (κ1) is 14.6. The lowest BCUT2D eigenvalue weighted by Gasteiger charge is -2.09. The molecule has 21 heavy (non-hydrogen) atoms. The Morgan fingerprint density at radius 1 is 1.10 bits per heavy atom. The topological polar surface area (TPSA) is 73.6 Å². The first-order valence-electron chi connectivity index (χ1n) is 6.13. The summed E-state index contributed by atoms with van der Waals surface area (Å²) in [7, 11) is 2.85. The van der Waals surface area contributed by atoms with Crippen LogP contribution in [0.1, 0.15) is 10.4 Å². The lowest BCUT2D eigenvalue weighted by atomic mass is 10.1. The maximum atomic E-state index is 13.3. The number of halogens is 1. The molecular formula is C15H15FN2O3. The molecule has 0 fully saturated rings. The van der Waals surface area contributed by atoms with Crippen molar-refractivity contribution >= 4 is 17.3 Å². The van der Waals surface area contributed by atoms with Crippen molar-refractivity contribution in [2.24, 2.45) is 0 Å². The maximum absolute atomic E-state index is 13.3. The smallest absolute Gasteiger partial charge is 0.255 e. The highest BCUT2D eigenvalue weighted by Crippen LogP contribution is 2.24. The van der Waals surface area contributed by atoms with Crippen LogP contribution in [-0.4, -0.2) is 20.1 Å². The Morgan fingerprint density at radius 2 is 1.81 bits per heavy atom. The molecule has 0 radical (unpaired) electrons. The Kier molecular flexibility index (Phi) is 4.27. The van der Waals surface area contributed by atoms with Crippen LogP contribution in [0.5, 0.6) is 11.5 Å². The van der Waals surface area contributed by atoms with Crippen LogP contribution in [0.15, 0.2) is 36.4 Å². The summed E-state index contributed by atoms with van der Waals surface area (Å²) in [4.78, 5) is 12.1. The van der Waals surface area contributed by atoms with Crippen molar-refractivity contribution in [3.05, 3.63) is 47.8 Å². The van der Waals surface area contributed by atoms with Crippen LogP contribution in [0.25, 0.3) is 0 Å². The standard InChI is InChI=1S/C15H15FN2O3/c1-20-13-6-3-9(7-12(13)17)15(19)18-10-4-5-11(16)14(8-10)21-2/h3-8H,17H2,1-2H3,(H,18,19). The van der Waals surface area contributed by atoms with E-state index in [9.17, 15) is 9.18 Å². The molecule has 3 N–H and O–H groups in total. The van der Waals surface area contributed by atoms with Crippen molar-refractivity contribution in [3.63, 3.8) is 0 Å². The summed E-state index contributed by atoms with van der Waals surface area (Å²) in [5.74, 6) is -0.306. The molecule has 110 valence electrons. The normalized spacial score (nSPS) is 10.0. The summed E-state index contributed by atoms with van der Waals surface area (Å²) >= 11 is 0. The number of anilines is 2. The minimum Gasteiger partial charge on any atom is -0.495 e. The van der Waals surface area contributed by atoms with Crippen molar-refractivity contribution in [3.8, 4) is 11.5 Å². The molecule has 0 aliphatic rings. The third kappa shape index (κ3) is 3.22.